The molecule has 4 heteroatoms. The first-order valence-corrected chi connectivity index (χ1v) is 6.40. The van der Waals surface area contributed by atoms with Gasteiger partial charge in [0.05, 0.1) is 12.8 Å². The third-order valence-electron chi connectivity index (χ3n) is 3.50. The zero-order valence-corrected chi connectivity index (χ0v) is 12.2. The van der Waals surface area contributed by atoms with Crippen molar-refractivity contribution in [1.82, 2.24) is 15.1 Å². The van der Waals surface area contributed by atoms with Crippen LogP contribution in [-0.4, -0.2) is 23.9 Å². The standard InChI is InChI=1S/C15H21N3O/c1-10-11(2)15(19-5)7-6-12(10)13-9-18(4)17-14(13)8-16-3/h6-7,9,16H,8H2,1-5H3. The van der Waals surface area contributed by atoms with Gasteiger partial charge in [0.2, 0.25) is 0 Å². The highest BCUT2D eigenvalue weighted by Gasteiger charge is 2.14. The van der Waals surface area contributed by atoms with Gasteiger partial charge >= 0.3 is 0 Å². The summed E-state index contributed by atoms with van der Waals surface area (Å²) < 4.78 is 7.23. The van der Waals surface area contributed by atoms with E-state index in [1.807, 2.05) is 24.8 Å². The van der Waals surface area contributed by atoms with Crippen LogP contribution in [0, 0.1) is 13.8 Å². The molecule has 1 aromatic heterocycles. The number of hydrogen-bond acceptors (Lipinski definition) is 3. The molecule has 1 aromatic carbocycles. The van der Waals surface area contributed by atoms with Crippen LogP contribution in [0.25, 0.3) is 11.1 Å². The fourth-order valence-corrected chi connectivity index (χ4v) is 2.37. The van der Waals surface area contributed by atoms with Crippen LogP contribution in [0.4, 0.5) is 0 Å². The molecular weight excluding hydrogens is 238 g/mol. The molecule has 0 amide bonds. The van der Waals surface area contributed by atoms with E-state index in [0.29, 0.717) is 0 Å². The second kappa shape index (κ2) is 5.45. The summed E-state index contributed by atoms with van der Waals surface area (Å²) in [5.74, 6) is 0.931. The van der Waals surface area contributed by atoms with Crippen LogP contribution in [0.2, 0.25) is 0 Å². The van der Waals surface area contributed by atoms with Crippen LogP contribution in [0.5, 0.6) is 5.75 Å². The number of aryl methyl sites for hydroxylation is 1. The van der Waals surface area contributed by atoms with Crippen molar-refractivity contribution in [3.8, 4) is 16.9 Å². The monoisotopic (exact) mass is 259 g/mol. The number of benzene rings is 1. The SMILES string of the molecule is CNCc1nn(C)cc1-c1ccc(OC)c(C)c1C. The molecular formula is C15H21N3O. The molecule has 102 valence electrons. The van der Waals surface area contributed by atoms with Gasteiger partial charge in [-0.2, -0.15) is 5.10 Å². The minimum Gasteiger partial charge on any atom is -0.496 e. The van der Waals surface area contributed by atoms with Crippen LogP contribution < -0.4 is 10.1 Å². The predicted octanol–water partition coefficient (Wildman–Crippen LogP) is 2.43. The largest absolute Gasteiger partial charge is 0.496 e. The molecule has 0 fully saturated rings. The first kappa shape index (κ1) is 13.6. The van der Waals surface area contributed by atoms with Crippen LogP contribution in [0.3, 0.4) is 0 Å². The lowest BCUT2D eigenvalue weighted by Crippen LogP contribution is -2.07. The Hall–Kier alpha value is -1.81. The maximum Gasteiger partial charge on any atom is 0.122 e. The van der Waals surface area contributed by atoms with Gasteiger partial charge in [-0.25, -0.2) is 0 Å². The fraction of sp³-hybridized carbons (Fsp3) is 0.400. The Morgan fingerprint density at radius 3 is 2.58 bits per heavy atom. The lowest BCUT2D eigenvalue weighted by molar-refractivity contribution is 0.411. The summed E-state index contributed by atoms with van der Waals surface area (Å²) in [7, 11) is 5.59. The number of aromatic nitrogens is 2. The smallest absolute Gasteiger partial charge is 0.122 e. The summed E-state index contributed by atoms with van der Waals surface area (Å²) in [6.07, 6.45) is 2.07. The predicted molar refractivity (Wildman–Crippen MR) is 77.4 cm³/mol. The van der Waals surface area contributed by atoms with E-state index in [2.05, 4.69) is 36.5 Å². The van der Waals surface area contributed by atoms with Crippen molar-refractivity contribution in [1.29, 1.82) is 0 Å². The highest BCUT2D eigenvalue weighted by atomic mass is 16.5. The van der Waals surface area contributed by atoms with Gasteiger partial charge in [-0.15, -0.1) is 0 Å². The normalized spacial score (nSPS) is 10.8. The number of methoxy groups -OCH3 is 1. The van der Waals surface area contributed by atoms with Crippen molar-refractivity contribution in [2.24, 2.45) is 7.05 Å². The molecule has 0 bridgehead atoms. The van der Waals surface area contributed by atoms with Gasteiger partial charge in [0.25, 0.3) is 0 Å². The third-order valence-corrected chi connectivity index (χ3v) is 3.50. The third kappa shape index (κ3) is 2.49. The zero-order valence-electron chi connectivity index (χ0n) is 12.2. The summed E-state index contributed by atoms with van der Waals surface area (Å²) >= 11 is 0. The molecule has 0 saturated heterocycles. The Kier molecular flexibility index (Phi) is 3.90. The van der Waals surface area contributed by atoms with E-state index in [0.717, 1.165) is 18.0 Å². The van der Waals surface area contributed by atoms with Crippen LogP contribution in [0.1, 0.15) is 16.8 Å². The van der Waals surface area contributed by atoms with Crippen LogP contribution >= 0.6 is 0 Å². The van der Waals surface area contributed by atoms with Gasteiger partial charge < -0.3 is 10.1 Å². The van der Waals surface area contributed by atoms with E-state index in [4.69, 9.17) is 4.74 Å². The van der Waals surface area contributed by atoms with Crippen molar-refractivity contribution in [3.63, 3.8) is 0 Å². The Balaban J connectivity index is 2.56. The maximum absolute atomic E-state index is 5.37. The molecule has 1 heterocycles. The average molecular weight is 259 g/mol. The molecule has 0 spiro atoms. The Bertz CT molecular complexity index is 587. The summed E-state index contributed by atoms with van der Waals surface area (Å²) in [6.45, 7) is 4.98. The Labute approximate surface area is 114 Å². The molecule has 0 aliphatic rings. The average Bonchev–Trinajstić information content (AvgIpc) is 2.74. The minimum absolute atomic E-state index is 0.765. The molecule has 4 nitrogen and oxygen atoms in total. The molecule has 19 heavy (non-hydrogen) atoms. The maximum atomic E-state index is 5.37. The minimum atomic E-state index is 0.765. The van der Waals surface area contributed by atoms with Crippen molar-refractivity contribution >= 4 is 0 Å². The van der Waals surface area contributed by atoms with Crippen molar-refractivity contribution in [3.05, 3.63) is 35.2 Å². The zero-order chi connectivity index (χ0) is 14.0. The van der Waals surface area contributed by atoms with E-state index < -0.39 is 0 Å². The second-order valence-electron chi connectivity index (χ2n) is 4.76. The lowest BCUT2D eigenvalue weighted by Gasteiger charge is -2.12. The van der Waals surface area contributed by atoms with Crippen molar-refractivity contribution in [2.45, 2.75) is 20.4 Å². The molecule has 0 unspecified atom stereocenters. The van der Waals surface area contributed by atoms with Crippen molar-refractivity contribution < 1.29 is 4.74 Å². The summed E-state index contributed by atoms with van der Waals surface area (Å²) in [6, 6.07) is 4.13. The molecule has 2 aromatic rings. The highest BCUT2D eigenvalue weighted by molar-refractivity contribution is 5.71. The van der Waals surface area contributed by atoms with Gasteiger partial charge in [0.15, 0.2) is 0 Å². The van der Waals surface area contributed by atoms with Gasteiger partial charge in [0.1, 0.15) is 5.75 Å². The summed E-state index contributed by atoms with van der Waals surface area (Å²) in [4.78, 5) is 0. The second-order valence-corrected chi connectivity index (χ2v) is 4.76. The Morgan fingerprint density at radius 2 is 1.95 bits per heavy atom. The first-order valence-electron chi connectivity index (χ1n) is 6.40. The highest BCUT2D eigenvalue weighted by Crippen LogP contribution is 2.32. The quantitative estimate of drug-likeness (QED) is 0.916. The van der Waals surface area contributed by atoms with Gasteiger partial charge in [-0.1, -0.05) is 6.07 Å². The first-order chi connectivity index (χ1) is 9.08. The number of rotatable bonds is 4. The molecule has 0 saturated carbocycles. The van der Waals surface area contributed by atoms with Crippen LogP contribution in [0.15, 0.2) is 18.3 Å². The fourth-order valence-electron chi connectivity index (χ4n) is 2.37. The van der Waals surface area contributed by atoms with Crippen molar-refractivity contribution in [2.75, 3.05) is 14.2 Å². The molecule has 1 N–H and O–H groups in total. The molecule has 0 atom stereocenters. The van der Waals surface area contributed by atoms with Gasteiger partial charge in [0, 0.05) is 25.4 Å². The van der Waals surface area contributed by atoms with E-state index in [-0.39, 0.29) is 0 Å². The molecule has 2 rings (SSSR count). The number of nitrogens with zero attached hydrogens (tertiary/aromatic N) is 2. The number of hydrogen-bond donors (Lipinski definition) is 1. The Morgan fingerprint density at radius 1 is 1.21 bits per heavy atom. The van der Waals surface area contributed by atoms with Gasteiger partial charge in [-0.3, -0.25) is 4.68 Å². The number of nitrogens with one attached hydrogen (secondary N) is 1. The van der Waals surface area contributed by atoms with Gasteiger partial charge in [-0.05, 0) is 43.7 Å². The lowest BCUT2D eigenvalue weighted by atomic mass is 9.96. The van der Waals surface area contributed by atoms with E-state index >= 15 is 0 Å². The van der Waals surface area contributed by atoms with E-state index in [1.165, 1.54) is 22.3 Å². The summed E-state index contributed by atoms with van der Waals surface area (Å²) in [5.41, 5.74) is 5.89. The summed E-state index contributed by atoms with van der Waals surface area (Å²) in [5, 5.41) is 7.68. The topological polar surface area (TPSA) is 39.1 Å². The van der Waals surface area contributed by atoms with Crippen LogP contribution in [-0.2, 0) is 13.6 Å². The molecule has 0 aliphatic carbocycles. The van der Waals surface area contributed by atoms with E-state index in [1.54, 1.807) is 7.11 Å². The molecule has 0 aliphatic heterocycles. The number of ether oxygens (including phenoxy) is 1. The van der Waals surface area contributed by atoms with E-state index in [9.17, 15) is 0 Å². The molecule has 0 radical (unpaired) electrons.